The minimum absolute atomic E-state index is 0.00215. The van der Waals surface area contributed by atoms with Gasteiger partial charge in [0.2, 0.25) is 5.91 Å². The largest absolute Gasteiger partial charge is 0.393 e. The third-order valence-electron chi connectivity index (χ3n) is 4.43. The summed E-state index contributed by atoms with van der Waals surface area (Å²) >= 11 is 0. The summed E-state index contributed by atoms with van der Waals surface area (Å²) in [5.74, 6) is -1.79. The Morgan fingerprint density at radius 2 is 2.00 bits per heavy atom. The number of carbonyl (C=O) groups is 3. The Labute approximate surface area is 152 Å². The summed E-state index contributed by atoms with van der Waals surface area (Å²) in [5.41, 5.74) is 12.9. The van der Waals surface area contributed by atoms with Crippen LogP contribution in [0.25, 0.3) is 0 Å². The van der Waals surface area contributed by atoms with E-state index in [0.717, 1.165) is 19.0 Å². The average molecular weight is 360 g/mol. The van der Waals surface area contributed by atoms with Gasteiger partial charge < -0.3 is 21.1 Å². The second kappa shape index (κ2) is 8.57. The molecule has 5 N–H and O–H groups in total. The van der Waals surface area contributed by atoms with Crippen LogP contribution < -0.4 is 16.4 Å². The van der Waals surface area contributed by atoms with Gasteiger partial charge in [0.15, 0.2) is 0 Å². The number of nitrogens with one attached hydrogen (secondary N) is 1. The minimum atomic E-state index is -0.655. The second-order valence-corrected chi connectivity index (χ2v) is 6.37. The number of nitrogens with zero attached hydrogens (tertiary/aromatic N) is 1. The molecule has 1 heterocycles. The summed E-state index contributed by atoms with van der Waals surface area (Å²) in [4.78, 5) is 36.7. The van der Waals surface area contributed by atoms with Gasteiger partial charge in [0.1, 0.15) is 5.84 Å². The Balaban J connectivity index is 2.00. The van der Waals surface area contributed by atoms with Crippen LogP contribution in [0.4, 0.5) is 5.69 Å². The fraction of sp³-hybridized carbons (Fsp3) is 0.444. The molecule has 0 aromatic heterocycles. The number of piperidine rings is 1. The molecule has 1 saturated heterocycles. The molecule has 8 heteroatoms. The first-order valence-corrected chi connectivity index (χ1v) is 8.52. The van der Waals surface area contributed by atoms with Gasteiger partial charge in [0, 0.05) is 37.2 Å². The van der Waals surface area contributed by atoms with Crippen molar-refractivity contribution in [1.82, 2.24) is 0 Å². The molecule has 2 unspecified atom stereocenters. The standard InChI is InChI=1S/C18H24N4O4/c1-11(23)26-16(24)9-8-15(19)14-3-2-10-22(18(14)25)13-6-4-12(5-7-13)17(20)21/h4-7,14-15H,2-3,8-10,19H2,1H3,(H3,20,21). The van der Waals surface area contributed by atoms with E-state index >= 15 is 0 Å². The molecule has 1 aromatic rings. The molecule has 0 spiro atoms. The van der Waals surface area contributed by atoms with Crippen LogP contribution in [0, 0.1) is 11.3 Å². The predicted octanol–water partition coefficient (Wildman–Crippen LogP) is 0.911. The van der Waals surface area contributed by atoms with E-state index in [1.807, 2.05) is 0 Å². The number of anilines is 1. The third-order valence-corrected chi connectivity index (χ3v) is 4.43. The zero-order valence-corrected chi connectivity index (χ0v) is 14.7. The molecule has 8 nitrogen and oxygen atoms in total. The van der Waals surface area contributed by atoms with Gasteiger partial charge in [0.25, 0.3) is 0 Å². The lowest BCUT2D eigenvalue weighted by Crippen LogP contribution is -2.48. The van der Waals surface area contributed by atoms with Gasteiger partial charge in [0.05, 0.1) is 5.92 Å². The first-order valence-electron chi connectivity index (χ1n) is 8.52. The lowest BCUT2D eigenvalue weighted by Gasteiger charge is -2.35. The van der Waals surface area contributed by atoms with Crippen LogP contribution in [0.3, 0.4) is 0 Å². The molecule has 1 aliphatic rings. The topological polar surface area (TPSA) is 140 Å². The van der Waals surface area contributed by atoms with Crippen LogP contribution in [0.5, 0.6) is 0 Å². The summed E-state index contributed by atoms with van der Waals surface area (Å²) in [7, 11) is 0. The van der Waals surface area contributed by atoms with Crippen LogP contribution in [-0.4, -0.2) is 36.3 Å². The number of nitrogen functional groups attached to an aromatic ring is 1. The molecule has 1 aliphatic heterocycles. The van der Waals surface area contributed by atoms with Crippen LogP contribution in [-0.2, 0) is 19.1 Å². The summed E-state index contributed by atoms with van der Waals surface area (Å²) in [5, 5.41) is 7.42. The number of amides is 1. The SMILES string of the molecule is CC(=O)OC(=O)CCC(N)C1CCCN(c2ccc(C(=N)N)cc2)C1=O. The van der Waals surface area contributed by atoms with Crippen molar-refractivity contribution in [2.75, 3.05) is 11.4 Å². The monoisotopic (exact) mass is 360 g/mol. The van der Waals surface area contributed by atoms with Gasteiger partial charge >= 0.3 is 11.9 Å². The van der Waals surface area contributed by atoms with E-state index < -0.39 is 18.0 Å². The van der Waals surface area contributed by atoms with Crippen molar-refractivity contribution in [3.63, 3.8) is 0 Å². The Bertz CT molecular complexity index is 702. The van der Waals surface area contributed by atoms with E-state index in [9.17, 15) is 14.4 Å². The molecule has 26 heavy (non-hydrogen) atoms. The number of amidine groups is 1. The van der Waals surface area contributed by atoms with E-state index in [2.05, 4.69) is 4.74 Å². The summed E-state index contributed by atoms with van der Waals surface area (Å²) in [6.45, 7) is 1.76. The number of benzene rings is 1. The number of nitrogens with two attached hydrogens (primary N) is 2. The lowest BCUT2D eigenvalue weighted by molar-refractivity contribution is -0.158. The average Bonchev–Trinajstić information content (AvgIpc) is 2.59. The highest BCUT2D eigenvalue weighted by Gasteiger charge is 2.34. The molecule has 2 atom stereocenters. The van der Waals surface area contributed by atoms with Crippen molar-refractivity contribution in [3.8, 4) is 0 Å². The number of hydrogen-bond donors (Lipinski definition) is 3. The summed E-state index contributed by atoms with van der Waals surface area (Å²) in [6, 6.07) is 6.43. The Hall–Kier alpha value is -2.74. The van der Waals surface area contributed by atoms with E-state index in [0.29, 0.717) is 18.5 Å². The van der Waals surface area contributed by atoms with Gasteiger partial charge in [-0.3, -0.25) is 19.8 Å². The van der Waals surface area contributed by atoms with Crippen molar-refractivity contribution in [2.24, 2.45) is 17.4 Å². The summed E-state index contributed by atoms with van der Waals surface area (Å²) in [6.07, 6.45) is 1.73. The normalized spacial score (nSPS) is 18.3. The van der Waals surface area contributed by atoms with E-state index in [-0.39, 0.29) is 30.5 Å². The molecule has 1 fully saturated rings. The highest BCUT2D eigenvalue weighted by atomic mass is 16.6. The van der Waals surface area contributed by atoms with Crippen molar-refractivity contribution < 1.29 is 19.1 Å². The predicted molar refractivity (Wildman–Crippen MR) is 96.5 cm³/mol. The molecule has 2 rings (SSSR count). The molecule has 140 valence electrons. The number of esters is 2. The second-order valence-electron chi connectivity index (χ2n) is 6.37. The molecular weight excluding hydrogens is 336 g/mol. The Morgan fingerprint density at radius 1 is 1.35 bits per heavy atom. The first kappa shape index (κ1) is 19.6. The quantitative estimate of drug-likeness (QED) is 0.298. The maximum Gasteiger partial charge on any atom is 0.313 e. The number of carbonyl (C=O) groups excluding carboxylic acids is 3. The highest BCUT2D eigenvalue weighted by molar-refractivity contribution is 5.98. The first-order chi connectivity index (χ1) is 12.3. The Kier molecular flexibility index (Phi) is 6.46. The maximum absolute atomic E-state index is 12.8. The lowest BCUT2D eigenvalue weighted by atomic mass is 9.87. The smallest absolute Gasteiger partial charge is 0.313 e. The van der Waals surface area contributed by atoms with E-state index in [1.165, 1.54) is 0 Å². The van der Waals surface area contributed by atoms with Crippen molar-refractivity contribution >= 4 is 29.4 Å². The van der Waals surface area contributed by atoms with Crippen LogP contribution in [0.1, 0.15) is 38.2 Å². The summed E-state index contributed by atoms with van der Waals surface area (Å²) < 4.78 is 4.48. The molecule has 1 amide bonds. The molecular formula is C18H24N4O4. The number of ether oxygens (including phenoxy) is 1. The van der Waals surface area contributed by atoms with E-state index in [4.69, 9.17) is 16.9 Å². The molecule has 1 aromatic carbocycles. The minimum Gasteiger partial charge on any atom is -0.393 e. The van der Waals surface area contributed by atoms with Gasteiger partial charge in [-0.2, -0.15) is 0 Å². The van der Waals surface area contributed by atoms with Crippen LogP contribution in [0.2, 0.25) is 0 Å². The van der Waals surface area contributed by atoms with Gasteiger partial charge in [-0.15, -0.1) is 0 Å². The van der Waals surface area contributed by atoms with Gasteiger partial charge in [-0.25, -0.2) is 0 Å². The van der Waals surface area contributed by atoms with Crippen molar-refractivity contribution in [3.05, 3.63) is 29.8 Å². The molecule has 0 radical (unpaired) electrons. The van der Waals surface area contributed by atoms with E-state index in [1.54, 1.807) is 29.2 Å². The van der Waals surface area contributed by atoms with Crippen molar-refractivity contribution in [2.45, 2.75) is 38.6 Å². The number of hydrogen-bond acceptors (Lipinski definition) is 6. The zero-order valence-electron chi connectivity index (χ0n) is 14.7. The Morgan fingerprint density at radius 3 is 2.58 bits per heavy atom. The molecule has 0 saturated carbocycles. The highest BCUT2D eigenvalue weighted by Crippen LogP contribution is 2.27. The van der Waals surface area contributed by atoms with Crippen LogP contribution in [0.15, 0.2) is 24.3 Å². The van der Waals surface area contributed by atoms with Gasteiger partial charge in [-0.05, 0) is 43.5 Å². The number of rotatable bonds is 6. The molecule has 0 bridgehead atoms. The molecule has 0 aliphatic carbocycles. The third kappa shape index (κ3) is 4.89. The fourth-order valence-electron chi connectivity index (χ4n) is 3.07. The van der Waals surface area contributed by atoms with Crippen molar-refractivity contribution in [1.29, 1.82) is 5.41 Å². The van der Waals surface area contributed by atoms with Gasteiger partial charge in [-0.1, -0.05) is 0 Å². The van der Waals surface area contributed by atoms with Crippen LogP contribution >= 0.6 is 0 Å². The zero-order chi connectivity index (χ0) is 19.3. The maximum atomic E-state index is 12.8. The fourth-order valence-corrected chi connectivity index (χ4v) is 3.07.